The van der Waals surface area contributed by atoms with Crippen molar-refractivity contribution in [2.45, 2.75) is 31.7 Å². The lowest BCUT2D eigenvalue weighted by Crippen LogP contribution is -2.36. The zero-order valence-electron chi connectivity index (χ0n) is 12.7. The zero-order chi connectivity index (χ0) is 16.2. The highest BCUT2D eigenvalue weighted by Crippen LogP contribution is 2.24. The summed E-state index contributed by atoms with van der Waals surface area (Å²) >= 11 is 5.82. The third-order valence-corrected chi connectivity index (χ3v) is 4.54. The highest BCUT2D eigenvalue weighted by Gasteiger charge is 2.29. The number of halogens is 1. The Morgan fingerprint density at radius 2 is 2.17 bits per heavy atom. The summed E-state index contributed by atoms with van der Waals surface area (Å²) in [6, 6.07) is 5.67. The Bertz CT molecular complexity index is 745. The van der Waals surface area contributed by atoms with Crippen LogP contribution in [0.25, 0.3) is 0 Å². The van der Waals surface area contributed by atoms with Gasteiger partial charge in [0.15, 0.2) is 0 Å². The van der Waals surface area contributed by atoms with Gasteiger partial charge in [0, 0.05) is 31.2 Å². The van der Waals surface area contributed by atoms with Crippen molar-refractivity contribution in [3.8, 4) is 0 Å². The molecular weight excluding hydrogens is 314 g/mol. The highest BCUT2D eigenvalue weighted by atomic mass is 35.5. The number of nitrogens with one attached hydrogen (secondary N) is 1. The van der Waals surface area contributed by atoms with Crippen molar-refractivity contribution < 1.29 is 4.79 Å². The Hall–Kier alpha value is -2.14. The summed E-state index contributed by atoms with van der Waals surface area (Å²) in [5.41, 5.74) is 1.29. The van der Waals surface area contributed by atoms with Gasteiger partial charge in [-0.25, -0.2) is 0 Å². The van der Waals surface area contributed by atoms with Crippen molar-refractivity contribution >= 4 is 17.5 Å². The van der Waals surface area contributed by atoms with Gasteiger partial charge in [0.1, 0.15) is 5.02 Å². The van der Waals surface area contributed by atoms with Gasteiger partial charge in [-0.2, -0.15) is 0 Å². The predicted molar refractivity (Wildman–Crippen MR) is 88.7 cm³/mol. The smallest absolute Gasteiger partial charge is 0.266 e. The van der Waals surface area contributed by atoms with Gasteiger partial charge >= 0.3 is 0 Å². The number of hydrogen-bond donors (Lipinski definition) is 1. The Morgan fingerprint density at radius 3 is 2.91 bits per heavy atom. The number of pyridine rings is 2. The van der Waals surface area contributed by atoms with E-state index in [1.165, 1.54) is 17.8 Å². The molecule has 2 aromatic rings. The maximum absolute atomic E-state index is 12.7. The van der Waals surface area contributed by atoms with Gasteiger partial charge in [-0.3, -0.25) is 14.6 Å². The first kappa shape index (κ1) is 15.7. The van der Waals surface area contributed by atoms with Crippen LogP contribution in [0.5, 0.6) is 0 Å². The molecule has 1 aliphatic rings. The molecule has 6 heteroatoms. The van der Waals surface area contributed by atoms with Crippen LogP contribution in [-0.2, 0) is 6.42 Å². The van der Waals surface area contributed by atoms with Crippen molar-refractivity contribution in [2.24, 2.45) is 0 Å². The van der Waals surface area contributed by atoms with Gasteiger partial charge < -0.3 is 9.88 Å². The minimum Gasteiger partial charge on any atom is -0.336 e. The first-order valence-electron chi connectivity index (χ1n) is 7.73. The SMILES string of the molecule is O=C(c1c[nH]c(=O)c(Cl)c1)N1CCCC1CCc1ccncc1. The molecule has 1 fully saturated rings. The number of H-pyrrole nitrogens is 1. The molecule has 0 radical (unpaired) electrons. The number of rotatable bonds is 4. The third kappa shape index (κ3) is 3.62. The van der Waals surface area contributed by atoms with Crippen LogP contribution < -0.4 is 5.56 Å². The highest BCUT2D eigenvalue weighted by molar-refractivity contribution is 6.30. The number of hydrogen-bond acceptors (Lipinski definition) is 3. The molecule has 1 saturated heterocycles. The molecule has 0 aliphatic carbocycles. The largest absolute Gasteiger partial charge is 0.336 e. The van der Waals surface area contributed by atoms with Crippen molar-refractivity contribution in [1.82, 2.24) is 14.9 Å². The molecule has 23 heavy (non-hydrogen) atoms. The van der Waals surface area contributed by atoms with Crippen molar-refractivity contribution in [1.29, 1.82) is 0 Å². The van der Waals surface area contributed by atoms with Crippen LogP contribution in [0, 0.1) is 0 Å². The van der Waals surface area contributed by atoms with Gasteiger partial charge in [-0.05, 0) is 49.4 Å². The standard InChI is InChI=1S/C17H18ClN3O2/c18-15-10-13(11-20-16(15)22)17(23)21-9-1-2-14(21)4-3-12-5-7-19-8-6-12/h5-8,10-11,14H,1-4,9H2,(H,20,22). The molecule has 0 bridgehead atoms. The molecule has 1 aliphatic heterocycles. The number of aryl methyl sites for hydroxylation is 1. The van der Waals surface area contributed by atoms with Crippen molar-refractivity contribution in [2.75, 3.05) is 6.54 Å². The van der Waals surface area contributed by atoms with Gasteiger partial charge in [0.25, 0.3) is 11.5 Å². The number of aromatic nitrogens is 2. The lowest BCUT2D eigenvalue weighted by molar-refractivity contribution is 0.0730. The fourth-order valence-electron chi connectivity index (χ4n) is 3.03. The Morgan fingerprint density at radius 1 is 1.39 bits per heavy atom. The summed E-state index contributed by atoms with van der Waals surface area (Å²) in [5.74, 6) is -0.0691. The molecule has 0 spiro atoms. The molecule has 1 unspecified atom stereocenters. The summed E-state index contributed by atoms with van der Waals surface area (Å²) in [6.07, 6.45) is 8.87. The number of carbonyl (C=O) groups is 1. The molecule has 2 aromatic heterocycles. The van der Waals surface area contributed by atoms with Gasteiger partial charge in [0.05, 0.1) is 5.56 Å². The minimum absolute atomic E-state index is 0.0448. The fourth-order valence-corrected chi connectivity index (χ4v) is 3.20. The second kappa shape index (κ2) is 6.96. The minimum atomic E-state index is -0.376. The third-order valence-electron chi connectivity index (χ3n) is 4.26. The fraction of sp³-hybridized carbons (Fsp3) is 0.353. The van der Waals surface area contributed by atoms with Crippen molar-refractivity contribution in [3.63, 3.8) is 0 Å². The van der Waals surface area contributed by atoms with Gasteiger partial charge in [-0.15, -0.1) is 0 Å². The first-order chi connectivity index (χ1) is 11.1. The van der Waals surface area contributed by atoms with E-state index in [2.05, 4.69) is 9.97 Å². The Labute approximate surface area is 139 Å². The molecular formula is C17H18ClN3O2. The number of nitrogens with zero attached hydrogens (tertiary/aromatic N) is 2. The molecule has 1 atom stereocenters. The summed E-state index contributed by atoms with van der Waals surface area (Å²) in [4.78, 5) is 32.4. The second-order valence-corrected chi connectivity index (χ2v) is 6.16. The normalized spacial score (nSPS) is 17.4. The molecule has 5 nitrogen and oxygen atoms in total. The first-order valence-corrected chi connectivity index (χ1v) is 8.11. The number of carbonyl (C=O) groups excluding carboxylic acids is 1. The quantitative estimate of drug-likeness (QED) is 0.936. The zero-order valence-corrected chi connectivity index (χ0v) is 13.4. The summed E-state index contributed by atoms with van der Waals surface area (Å²) in [7, 11) is 0. The van der Waals surface area contributed by atoms with E-state index in [1.54, 1.807) is 12.4 Å². The maximum Gasteiger partial charge on any atom is 0.266 e. The van der Waals surface area contributed by atoms with E-state index in [4.69, 9.17) is 11.6 Å². The summed E-state index contributed by atoms with van der Waals surface area (Å²) < 4.78 is 0. The summed E-state index contributed by atoms with van der Waals surface area (Å²) in [6.45, 7) is 0.747. The monoisotopic (exact) mass is 331 g/mol. The van der Waals surface area contributed by atoms with Crippen LogP contribution in [0.4, 0.5) is 0 Å². The predicted octanol–water partition coefficient (Wildman–Crippen LogP) is 2.66. The van der Waals surface area contributed by atoms with Gasteiger partial charge in [-0.1, -0.05) is 11.6 Å². The van der Waals surface area contributed by atoms with E-state index >= 15 is 0 Å². The topological polar surface area (TPSA) is 66.1 Å². The van der Waals surface area contributed by atoms with Crippen LogP contribution in [0.3, 0.4) is 0 Å². The van der Waals surface area contributed by atoms with E-state index < -0.39 is 0 Å². The van der Waals surface area contributed by atoms with Gasteiger partial charge in [0.2, 0.25) is 0 Å². The number of aromatic amines is 1. The molecule has 1 amide bonds. The van der Waals surface area contributed by atoms with Crippen LogP contribution in [-0.4, -0.2) is 33.4 Å². The summed E-state index contributed by atoms with van der Waals surface area (Å²) in [5, 5.41) is 0.0448. The second-order valence-electron chi connectivity index (χ2n) is 5.75. The van der Waals surface area contributed by atoms with Crippen molar-refractivity contribution in [3.05, 3.63) is 63.3 Å². The number of amides is 1. The lowest BCUT2D eigenvalue weighted by atomic mass is 10.0. The molecule has 120 valence electrons. The molecule has 0 aromatic carbocycles. The molecule has 3 heterocycles. The number of likely N-dealkylation sites (tertiary alicyclic amines) is 1. The maximum atomic E-state index is 12.7. The van der Waals surface area contributed by atoms with Crippen LogP contribution in [0.1, 0.15) is 35.2 Å². The lowest BCUT2D eigenvalue weighted by Gasteiger charge is -2.25. The Kier molecular flexibility index (Phi) is 4.76. The molecule has 0 saturated carbocycles. The van der Waals surface area contributed by atoms with Crippen LogP contribution in [0.2, 0.25) is 5.02 Å². The van der Waals surface area contributed by atoms with Crippen LogP contribution >= 0.6 is 11.6 Å². The molecule has 1 N–H and O–H groups in total. The average Bonchev–Trinajstić information content (AvgIpc) is 3.04. The molecule has 3 rings (SSSR count). The van der Waals surface area contributed by atoms with E-state index in [0.717, 1.165) is 32.2 Å². The Balaban J connectivity index is 1.69. The van der Waals surface area contributed by atoms with E-state index in [-0.39, 0.29) is 22.5 Å². The van der Waals surface area contributed by atoms with E-state index in [1.807, 2.05) is 17.0 Å². The van der Waals surface area contributed by atoms with E-state index in [0.29, 0.717) is 5.56 Å². The average molecular weight is 332 g/mol. The van der Waals surface area contributed by atoms with Crippen LogP contribution in [0.15, 0.2) is 41.6 Å². The van der Waals surface area contributed by atoms with E-state index in [9.17, 15) is 9.59 Å².